The first-order valence-electron chi connectivity index (χ1n) is 9.11. The Bertz CT molecular complexity index is 647. The van der Waals surface area contributed by atoms with Gasteiger partial charge in [-0.1, -0.05) is 62.4 Å². The summed E-state index contributed by atoms with van der Waals surface area (Å²) in [6, 6.07) is 23.5. The minimum atomic E-state index is -0.411. The lowest BCUT2D eigenvalue weighted by atomic mass is 9.76. The lowest BCUT2D eigenvalue weighted by molar-refractivity contribution is 0.274. The van der Waals surface area contributed by atoms with Gasteiger partial charge in [0.15, 0.2) is 0 Å². The van der Waals surface area contributed by atoms with Crippen LogP contribution in [-0.2, 0) is 5.41 Å². The van der Waals surface area contributed by atoms with Crippen LogP contribution in [0.15, 0.2) is 65.6 Å². The van der Waals surface area contributed by atoms with E-state index in [1.54, 1.807) is 0 Å². The molecule has 0 aliphatic rings. The molecule has 3 heteroatoms. The molecular weight excluding hydrogens is 324 g/mol. The first kappa shape index (κ1) is 19.6. The van der Waals surface area contributed by atoms with Crippen LogP contribution < -0.4 is 0 Å². The molecule has 1 atom stereocenters. The average Bonchev–Trinajstić information content (AvgIpc) is 2.69. The molecule has 0 radical (unpaired) electrons. The van der Waals surface area contributed by atoms with E-state index in [9.17, 15) is 5.26 Å². The van der Waals surface area contributed by atoms with Crippen LogP contribution in [0.2, 0.25) is 0 Å². The molecule has 0 amide bonds. The Labute approximate surface area is 156 Å². The summed E-state index contributed by atoms with van der Waals surface area (Å²) in [5, 5.41) is 10.1. The second-order valence-electron chi connectivity index (χ2n) is 6.25. The van der Waals surface area contributed by atoms with E-state index >= 15 is 0 Å². The fourth-order valence-electron chi connectivity index (χ4n) is 3.10. The maximum atomic E-state index is 10.1. The van der Waals surface area contributed by atoms with Crippen LogP contribution in [0.5, 0.6) is 0 Å². The van der Waals surface area contributed by atoms with Gasteiger partial charge in [-0.05, 0) is 55.9 Å². The zero-order chi connectivity index (χ0) is 18.0. The quantitative estimate of drug-likeness (QED) is 0.538. The number of nitrogens with zero attached hydrogens (tertiary/aromatic N) is 2. The predicted molar refractivity (Wildman–Crippen MR) is 108 cm³/mol. The molecule has 132 valence electrons. The lowest BCUT2D eigenvalue weighted by Crippen LogP contribution is -2.33. The number of rotatable bonds is 10. The highest BCUT2D eigenvalue weighted by atomic mass is 32.2. The van der Waals surface area contributed by atoms with Crippen molar-refractivity contribution >= 4 is 11.8 Å². The molecule has 0 aliphatic carbocycles. The number of hydrogen-bond acceptors (Lipinski definition) is 3. The van der Waals surface area contributed by atoms with Crippen molar-refractivity contribution in [2.45, 2.75) is 37.0 Å². The van der Waals surface area contributed by atoms with Gasteiger partial charge in [-0.3, -0.25) is 0 Å². The van der Waals surface area contributed by atoms with E-state index < -0.39 is 5.41 Å². The molecule has 25 heavy (non-hydrogen) atoms. The van der Waals surface area contributed by atoms with E-state index in [0.29, 0.717) is 0 Å². The van der Waals surface area contributed by atoms with Crippen molar-refractivity contribution in [1.29, 1.82) is 5.26 Å². The normalized spacial score (nSPS) is 13.4. The van der Waals surface area contributed by atoms with Gasteiger partial charge >= 0.3 is 0 Å². The Morgan fingerprint density at radius 1 is 0.920 bits per heavy atom. The molecule has 0 aromatic heterocycles. The number of thioether (sulfide) groups is 1. The van der Waals surface area contributed by atoms with Gasteiger partial charge in [-0.25, -0.2) is 0 Å². The predicted octanol–water partition coefficient (Wildman–Crippen LogP) is 5.36. The van der Waals surface area contributed by atoms with Crippen LogP contribution in [-0.4, -0.2) is 30.3 Å². The molecule has 0 spiro atoms. The lowest BCUT2D eigenvalue weighted by Gasteiger charge is -2.30. The molecule has 0 fully saturated rings. The van der Waals surface area contributed by atoms with E-state index in [2.05, 4.69) is 61.2 Å². The summed E-state index contributed by atoms with van der Waals surface area (Å²) in [7, 11) is 0. The Morgan fingerprint density at radius 2 is 1.52 bits per heavy atom. The Morgan fingerprint density at radius 3 is 2.08 bits per heavy atom. The Balaban J connectivity index is 2.11. The molecule has 2 aromatic carbocycles. The minimum absolute atomic E-state index is 0.411. The number of hydrogen-bond donors (Lipinski definition) is 0. The molecule has 0 heterocycles. The van der Waals surface area contributed by atoms with Crippen molar-refractivity contribution in [2.75, 3.05) is 25.4 Å². The van der Waals surface area contributed by atoms with Gasteiger partial charge in [0.05, 0.1) is 11.5 Å². The third-order valence-corrected chi connectivity index (χ3v) is 5.84. The molecule has 1 unspecified atom stereocenters. The van der Waals surface area contributed by atoms with Gasteiger partial charge in [0, 0.05) is 4.90 Å². The monoisotopic (exact) mass is 352 g/mol. The molecule has 0 saturated carbocycles. The summed E-state index contributed by atoms with van der Waals surface area (Å²) >= 11 is 1.84. The molecule has 0 bridgehead atoms. The van der Waals surface area contributed by atoms with Crippen molar-refractivity contribution < 1.29 is 0 Å². The topological polar surface area (TPSA) is 27.0 Å². The summed E-state index contributed by atoms with van der Waals surface area (Å²) in [6.45, 7) is 7.40. The third-order valence-electron chi connectivity index (χ3n) is 4.83. The van der Waals surface area contributed by atoms with Gasteiger partial charge < -0.3 is 4.90 Å². The van der Waals surface area contributed by atoms with Crippen molar-refractivity contribution in [3.8, 4) is 6.07 Å². The van der Waals surface area contributed by atoms with Gasteiger partial charge in [-0.15, -0.1) is 11.8 Å². The summed E-state index contributed by atoms with van der Waals surface area (Å²) in [6.07, 6.45) is 1.75. The van der Waals surface area contributed by atoms with E-state index in [4.69, 9.17) is 0 Å². The Hall–Kier alpha value is -1.76. The van der Waals surface area contributed by atoms with Crippen LogP contribution in [0.4, 0.5) is 0 Å². The van der Waals surface area contributed by atoms with Crippen LogP contribution in [0.25, 0.3) is 0 Å². The van der Waals surface area contributed by atoms with Crippen LogP contribution in [0.1, 0.15) is 32.3 Å². The maximum Gasteiger partial charge on any atom is 0.0842 e. The van der Waals surface area contributed by atoms with Crippen LogP contribution in [0, 0.1) is 11.3 Å². The zero-order valence-corrected chi connectivity index (χ0v) is 16.1. The van der Waals surface area contributed by atoms with Crippen molar-refractivity contribution in [2.24, 2.45) is 0 Å². The van der Waals surface area contributed by atoms with Crippen LogP contribution >= 0.6 is 11.8 Å². The van der Waals surface area contributed by atoms with Gasteiger partial charge in [-0.2, -0.15) is 5.26 Å². The third kappa shape index (κ3) is 5.63. The first-order chi connectivity index (χ1) is 12.2. The molecule has 0 saturated heterocycles. The standard InChI is InChI=1S/C22H28N2S/c1-3-24(4-2)17-15-22(19-23,20-11-7-5-8-12-20)16-18-25-21-13-9-6-10-14-21/h5-14H,3-4,15-18H2,1-2H3. The molecular formula is C22H28N2S. The largest absolute Gasteiger partial charge is 0.304 e. The highest BCUT2D eigenvalue weighted by molar-refractivity contribution is 7.99. The number of benzene rings is 2. The molecule has 2 nitrogen and oxygen atoms in total. The fraction of sp³-hybridized carbons (Fsp3) is 0.409. The number of nitriles is 1. The highest BCUT2D eigenvalue weighted by Crippen LogP contribution is 2.34. The average molecular weight is 353 g/mol. The van der Waals surface area contributed by atoms with E-state index in [-0.39, 0.29) is 0 Å². The molecule has 2 rings (SSSR count). The molecule has 2 aromatic rings. The first-order valence-corrected chi connectivity index (χ1v) is 10.1. The minimum Gasteiger partial charge on any atom is -0.304 e. The van der Waals surface area contributed by atoms with E-state index in [1.807, 2.05) is 36.0 Å². The van der Waals surface area contributed by atoms with Crippen molar-refractivity contribution in [3.63, 3.8) is 0 Å². The zero-order valence-electron chi connectivity index (χ0n) is 15.3. The second-order valence-corrected chi connectivity index (χ2v) is 7.42. The fourth-order valence-corrected chi connectivity index (χ4v) is 4.13. The van der Waals surface area contributed by atoms with E-state index in [1.165, 1.54) is 4.90 Å². The SMILES string of the molecule is CCN(CC)CCC(C#N)(CCSc1ccccc1)c1ccccc1. The second kappa shape index (κ2) is 10.3. The Kier molecular flexibility index (Phi) is 8.04. The summed E-state index contributed by atoms with van der Waals surface area (Å²) in [5.74, 6) is 0.949. The molecule has 0 aliphatic heterocycles. The molecule has 0 N–H and O–H groups in total. The van der Waals surface area contributed by atoms with E-state index in [0.717, 1.165) is 43.8 Å². The highest BCUT2D eigenvalue weighted by Gasteiger charge is 2.32. The summed E-state index contributed by atoms with van der Waals surface area (Å²) < 4.78 is 0. The van der Waals surface area contributed by atoms with Gasteiger partial charge in [0.1, 0.15) is 0 Å². The maximum absolute atomic E-state index is 10.1. The summed E-state index contributed by atoms with van der Waals surface area (Å²) in [4.78, 5) is 3.67. The van der Waals surface area contributed by atoms with Gasteiger partial charge in [0.25, 0.3) is 0 Å². The van der Waals surface area contributed by atoms with Crippen molar-refractivity contribution in [3.05, 3.63) is 66.2 Å². The van der Waals surface area contributed by atoms with Crippen molar-refractivity contribution in [1.82, 2.24) is 4.90 Å². The van der Waals surface area contributed by atoms with Gasteiger partial charge in [0.2, 0.25) is 0 Å². The summed E-state index contributed by atoms with van der Waals surface area (Å²) in [5.41, 5.74) is 0.740. The van der Waals surface area contributed by atoms with Crippen LogP contribution in [0.3, 0.4) is 0 Å². The smallest absolute Gasteiger partial charge is 0.0842 e.